The fraction of sp³-hybridized carbons (Fsp3) is 0.500. The number of sulfonamides is 1. The van der Waals surface area contributed by atoms with Crippen LogP contribution < -0.4 is 0 Å². The largest absolute Gasteiger partial charge is 0.293 e. The summed E-state index contributed by atoms with van der Waals surface area (Å²) >= 11 is 0. The van der Waals surface area contributed by atoms with E-state index in [1.165, 1.54) is 23.0 Å². The quantitative estimate of drug-likeness (QED) is 0.751. The molecule has 3 heterocycles. The molecule has 9 nitrogen and oxygen atoms in total. The van der Waals surface area contributed by atoms with Crippen LogP contribution in [0.5, 0.6) is 0 Å². The van der Waals surface area contributed by atoms with Gasteiger partial charge in [0.25, 0.3) is 0 Å². The normalized spacial score (nSPS) is 18.4. The smallest absolute Gasteiger partial charge is 0.246 e. The van der Waals surface area contributed by atoms with Gasteiger partial charge < -0.3 is 0 Å². The molecule has 2 aromatic rings. The lowest BCUT2D eigenvalue weighted by atomic mass is 10.3. The molecule has 0 radical (unpaired) electrons. The predicted octanol–water partition coefficient (Wildman–Crippen LogP) is -0.966. The second-order valence-corrected chi connectivity index (χ2v) is 6.48. The van der Waals surface area contributed by atoms with Crippen LogP contribution >= 0.6 is 0 Å². The van der Waals surface area contributed by atoms with E-state index in [2.05, 4.69) is 30.3 Å². The average Bonchev–Trinajstić information content (AvgIpc) is 3.12. The number of aromatic amines is 2. The third-order valence-corrected chi connectivity index (χ3v) is 5.14. The zero-order chi connectivity index (χ0) is 14.0. The van der Waals surface area contributed by atoms with Gasteiger partial charge in [-0.2, -0.15) is 14.5 Å². The van der Waals surface area contributed by atoms with Gasteiger partial charge in [0.1, 0.15) is 17.0 Å². The van der Waals surface area contributed by atoms with Gasteiger partial charge in [-0.15, -0.1) is 0 Å². The molecule has 0 saturated carbocycles. The van der Waals surface area contributed by atoms with Crippen LogP contribution in [0, 0.1) is 0 Å². The first kappa shape index (κ1) is 13.2. The summed E-state index contributed by atoms with van der Waals surface area (Å²) in [6.07, 6.45) is 4.20. The molecule has 3 rings (SSSR count). The van der Waals surface area contributed by atoms with E-state index in [-0.39, 0.29) is 4.90 Å². The summed E-state index contributed by atoms with van der Waals surface area (Å²) < 4.78 is 26.1. The van der Waals surface area contributed by atoms with Crippen molar-refractivity contribution in [3.63, 3.8) is 0 Å². The number of H-pyrrole nitrogens is 2. The van der Waals surface area contributed by atoms with E-state index in [1.54, 1.807) is 0 Å². The summed E-state index contributed by atoms with van der Waals surface area (Å²) in [7, 11) is -3.43. The monoisotopic (exact) mass is 297 g/mol. The number of hydrogen-bond donors (Lipinski definition) is 2. The lowest BCUT2D eigenvalue weighted by Crippen LogP contribution is -2.48. The molecule has 2 aromatic heterocycles. The van der Waals surface area contributed by atoms with Gasteiger partial charge in [0.05, 0.1) is 12.7 Å². The molecule has 0 amide bonds. The molecular formula is C10H15N7O2S. The molecule has 0 unspecified atom stereocenters. The number of nitrogens with zero attached hydrogens (tertiary/aromatic N) is 5. The SMILES string of the molecule is O=S(=O)(c1cn[nH]c1)N1CCN(Cc2ncn[nH]2)CC1. The van der Waals surface area contributed by atoms with Crippen LogP contribution in [0.2, 0.25) is 0 Å². The van der Waals surface area contributed by atoms with Crippen molar-refractivity contribution in [3.8, 4) is 0 Å². The number of nitrogens with one attached hydrogen (secondary N) is 2. The molecule has 1 saturated heterocycles. The van der Waals surface area contributed by atoms with E-state index in [0.717, 1.165) is 5.82 Å². The summed E-state index contributed by atoms with van der Waals surface area (Å²) in [6.45, 7) is 2.90. The predicted molar refractivity (Wildman–Crippen MR) is 69.0 cm³/mol. The van der Waals surface area contributed by atoms with Crippen molar-refractivity contribution in [3.05, 3.63) is 24.5 Å². The van der Waals surface area contributed by atoms with Gasteiger partial charge in [-0.05, 0) is 0 Å². The van der Waals surface area contributed by atoms with Gasteiger partial charge in [-0.1, -0.05) is 0 Å². The number of rotatable bonds is 4. The minimum Gasteiger partial charge on any atom is -0.293 e. The maximum atomic E-state index is 12.3. The third-order valence-electron chi connectivity index (χ3n) is 3.28. The Balaban J connectivity index is 1.61. The standard InChI is InChI=1S/C10H15N7O2S/c18-20(19,9-5-12-13-6-9)17-3-1-16(2-4-17)7-10-11-8-14-15-10/h5-6,8H,1-4,7H2,(H,12,13)(H,11,14,15). The van der Waals surface area contributed by atoms with Crippen molar-refractivity contribution in [1.29, 1.82) is 0 Å². The Labute approximate surface area is 116 Å². The van der Waals surface area contributed by atoms with Crippen molar-refractivity contribution >= 4 is 10.0 Å². The molecule has 0 aromatic carbocycles. The molecule has 0 spiro atoms. The molecule has 1 fully saturated rings. The highest BCUT2D eigenvalue weighted by Crippen LogP contribution is 2.16. The first-order chi connectivity index (χ1) is 9.66. The Morgan fingerprint density at radius 2 is 2.00 bits per heavy atom. The number of piperazine rings is 1. The highest BCUT2D eigenvalue weighted by atomic mass is 32.2. The molecule has 0 bridgehead atoms. The highest BCUT2D eigenvalue weighted by Gasteiger charge is 2.29. The van der Waals surface area contributed by atoms with Crippen LogP contribution in [0.15, 0.2) is 23.6 Å². The molecule has 10 heteroatoms. The van der Waals surface area contributed by atoms with Crippen molar-refractivity contribution in [2.75, 3.05) is 26.2 Å². The Hall–Kier alpha value is -1.78. The van der Waals surface area contributed by atoms with Crippen molar-refractivity contribution in [2.24, 2.45) is 0 Å². The van der Waals surface area contributed by atoms with Gasteiger partial charge in [-0.25, -0.2) is 13.4 Å². The third kappa shape index (κ3) is 2.57. The van der Waals surface area contributed by atoms with E-state index in [1.807, 2.05) is 0 Å². The van der Waals surface area contributed by atoms with E-state index in [9.17, 15) is 8.42 Å². The summed E-state index contributed by atoms with van der Waals surface area (Å²) in [4.78, 5) is 6.42. The summed E-state index contributed by atoms with van der Waals surface area (Å²) in [5.41, 5.74) is 0. The fourth-order valence-corrected chi connectivity index (χ4v) is 3.51. The van der Waals surface area contributed by atoms with E-state index >= 15 is 0 Å². The van der Waals surface area contributed by atoms with Crippen LogP contribution in [-0.4, -0.2) is 69.2 Å². The maximum absolute atomic E-state index is 12.3. The molecule has 20 heavy (non-hydrogen) atoms. The zero-order valence-corrected chi connectivity index (χ0v) is 11.5. The van der Waals surface area contributed by atoms with Crippen molar-refractivity contribution < 1.29 is 8.42 Å². The first-order valence-corrected chi connectivity index (χ1v) is 7.66. The maximum Gasteiger partial charge on any atom is 0.246 e. The lowest BCUT2D eigenvalue weighted by molar-refractivity contribution is 0.178. The second-order valence-electron chi connectivity index (χ2n) is 4.55. The minimum absolute atomic E-state index is 0.209. The fourth-order valence-electron chi connectivity index (χ4n) is 2.18. The van der Waals surface area contributed by atoms with Crippen molar-refractivity contribution in [2.45, 2.75) is 11.4 Å². The van der Waals surface area contributed by atoms with Crippen LogP contribution in [0.25, 0.3) is 0 Å². The van der Waals surface area contributed by atoms with Crippen LogP contribution in [-0.2, 0) is 16.6 Å². The van der Waals surface area contributed by atoms with Gasteiger partial charge in [-0.3, -0.25) is 15.1 Å². The van der Waals surface area contributed by atoms with E-state index in [0.29, 0.717) is 32.7 Å². The van der Waals surface area contributed by atoms with Crippen molar-refractivity contribution in [1.82, 2.24) is 34.6 Å². The average molecular weight is 297 g/mol. The Morgan fingerprint density at radius 1 is 1.20 bits per heavy atom. The van der Waals surface area contributed by atoms with Gasteiger partial charge >= 0.3 is 0 Å². The van der Waals surface area contributed by atoms with Crippen LogP contribution in [0.1, 0.15) is 5.82 Å². The highest BCUT2D eigenvalue weighted by molar-refractivity contribution is 7.89. The Bertz CT molecular complexity index is 629. The van der Waals surface area contributed by atoms with Crippen LogP contribution in [0.4, 0.5) is 0 Å². The molecule has 2 N–H and O–H groups in total. The molecule has 1 aliphatic heterocycles. The lowest BCUT2D eigenvalue weighted by Gasteiger charge is -2.33. The van der Waals surface area contributed by atoms with Gasteiger partial charge in [0.2, 0.25) is 10.0 Å². The zero-order valence-electron chi connectivity index (χ0n) is 10.7. The molecule has 0 aliphatic carbocycles. The Kier molecular flexibility index (Phi) is 3.51. The molecular weight excluding hydrogens is 282 g/mol. The van der Waals surface area contributed by atoms with E-state index in [4.69, 9.17) is 0 Å². The first-order valence-electron chi connectivity index (χ1n) is 6.22. The minimum atomic E-state index is -3.43. The summed E-state index contributed by atoms with van der Waals surface area (Å²) in [6, 6.07) is 0. The number of hydrogen-bond acceptors (Lipinski definition) is 6. The summed E-state index contributed by atoms with van der Waals surface area (Å²) in [5.74, 6) is 0.788. The molecule has 108 valence electrons. The molecule has 1 aliphatic rings. The van der Waals surface area contributed by atoms with Gasteiger partial charge in [0.15, 0.2) is 0 Å². The number of aromatic nitrogens is 5. The summed E-state index contributed by atoms with van der Waals surface area (Å²) in [5, 5.41) is 12.8. The van der Waals surface area contributed by atoms with E-state index < -0.39 is 10.0 Å². The molecule has 0 atom stereocenters. The van der Waals surface area contributed by atoms with Crippen LogP contribution in [0.3, 0.4) is 0 Å². The Morgan fingerprint density at radius 3 is 2.60 bits per heavy atom. The topological polar surface area (TPSA) is 111 Å². The van der Waals surface area contributed by atoms with Gasteiger partial charge in [0, 0.05) is 32.4 Å². The second kappa shape index (κ2) is 5.31.